The molecule has 40 heavy (non-hydrogen) atoms. The maximum atomic E-state index is 13.2. The van der Waals surface area contributed by atoms with Crippen molar-refractivity contribution in [2.75, 3.05) is 14.8 Å². The third-order valence-corrected chi connectivity index (χ3v) is 9.47. The lowest BCUT2D eigenvalue weighted by Crippen LogP contribution is -2.18. The Hall–Kier alpha value is -3.57. The lowest BCUT2D eigenvalue weighted by Gasteiger charge is -2.15. The second kappa shape index (κ2) is 11.5. The first-order valence-electron chi connectivity index (χ1n) is 11.9. The number of aryl methyl sites for hydroxylation is 2. The molecule has 0 aliphatic rings. The van der Waals surface area contributed by atoms with Gasteiger partial charge in [0, 0.05) is 21.3 Å². The second-order valence-corrected chi connectivity index (χ2v) is 13.3. The first-order chi connectivity index (χ1) is 18.7. The molecule has 4 aromatic carbocycles. The average Bonchev–Trinajstić information content (AvgIpc) is 2.86. The molecule has 0 radical (unpaired) electrons. The summed E-state index contributed by atoms with van der Waals surface area (Å²) in [5, 5.41) is 3.21. The number of hydrogen-bond donors (Lipinski definition) is 3. The lowest BCUT2D eigenvalue weighted by molar-refractivity contribution is 0.102. The van der Waals surface area contributed by atoms with Crippen molar-refractivity contribution in [2.45, 2.75) is 30.6 Å². The van der Waals surface area contributed by atoms with Crippen LogP contribution in [0.2, 0.25) is 10.0 Å². The van der Waals surface area contributed by atoms with Gasteiger partial charge in [0.2, 0.25) is 0 Å². The Morgan fingerprint density at radius 3 is 1.98 bits per heavy atom. The maximum absolute atomic E-state index is 13.2. The summed E-state index contributed by atoms with van der Waals surface area (Å²) in [6.07, 6.45) is 0. The van der Waals surface area contributed by atoms with Crippen LogP contribution < -0.4 is 14.8 Å². The van der Waals surface area contributed by atoms with Gasteiger partial charge in [-0.25, -0.2) is 16.8 Å². The number of amides is 1. The third kappa shape index (κ3) is 6.76. The van der Waals surface area contributed by atoms with Crippen molar-refractivity contribution in [3.8, 4) is 0 Å². The number of rotatable bonds is 8. The Kier molecular flexibility index (Phi) is 8.46. The molecule has 4 aromatic rings. The number of hydrogen-bond acceptors (Lipinski definition) is 5. The summed E-state index contributed by atoms with van der Waals surface area (Å²) in [6, 6.07) is 19.5. The third-order valence-electron chi connectivity index (χ3n) is 6.13. The average molecular weight is 619 g/mol. The molecule has 0 aliphatic heterocycles. The highest BCUT2D eigenvalue weighted by Crippen LogP contribution is 2.27. The molecule has 0 spiro atoms. The molecule has 12 heteroatoms. The minimum Gasteiger partial charge on any atom is -0.322 e. The normalized spacial score (nSPS) is 11.6. The topological polar surface area (TPSA) is 121 Å². The number of halogens is 2. The molecule has 0 bridgehead atoms. The van der Waals surface area contributed by atoms with Crippen molar-refractivity contribution in [1.29, 1.82) is 0 Å². The van der Waals surface area contributed by atoms with Crippen LogP contribution >= 0.6 is 23.2 Å². The predicted molar refractivity (Wildman–Crippen MR) is 160 cm³/mol. The van der Waals surface area contributed by atoms with Crippen LogP contribution in [-0.4, -0.2) is 22.7 Å². The van der Waals surface area contributed by atoms with E-state index in [1.54, 1.807) is 25.1 Å². The van der Waals surface area contributed by atoms with E-state index < -0.39 is 26.0 Å². The zero-order valence-corrected chi connectivity index (χ0v) is 24.8. The van der Waals surface area contributed by atoms with E-state index in [9.17, 15) is 21.6 Å². The molecule has 0 atom stereocenters. The van der Waals surface area contributed by atoms with E-state index in [1.165, 1.54) is 54.6 Å². The molecule has 0 unspecified atom stereocenters. The van der Waals surface area contributed by atoms with E-state index in [1.807, 2.05) is 19.9 Å². The minimum atomic E-state index is -3.99. The van der Waals surface area contributed by atoms with Gasteiger partial charge in [0.1, 0.15) is 0 Å². The van der Waals surface area contributed by atoms with Gasteiger partial charge in [0.25, 0.3) is 26.0 Å². The standard InChI is InChI=1S/C28H25Cl2N3O5S2/c1-17-5-4-6-26(19(17)3)33-40(37,38)27-13-20(8-7-18(27)2)28(34)31-23-9-11-25(12-10-23)39(35,36)32-24-15-21(29)14-22(30)16-24/h4-16,32-33H,1-3H3,(H,31,34). The largest absolute Gasteiger partial charge is 0.322 e. The fourth-order valence-electron chi connectivity index (χ4n) is 3.84. The van der Waals surface area contributed by atoms with Crippen molar-refractivity contribution in [2.24, 2.45) is 0 Å². The molecular formula is C28H25Cl2N3O5S2. The highest BCUT2D eigenvalue weighted by atomic mass is 35.5. The van der Waals surface area contributed by atoms with Gasteiger partial charge in [-0.15, -0.1) is 0 Å². The van der Waals surface area contributed by atoms with Gasteiger partial charge in [-0.2, -0.15) is 0 Å². The van der Waals surface area contributed by atoms with Crippen LogP contribution in [0.15, 0.2) is 88.7 Å². The van der Waals surface area contributed by atoms with Crippen molar-refractivity contribution in [3.05, 3.63) is 111 Å². The number of nitrogens with one attached hydrogen (secondary N) is 3. The fraction of sp³-hybridized carbons (Fsp3) is 0.107. The van der Waals surface area contributed by atoms with Gasteiger partial charge >= 0.3 is 0 Å². The summed E-state index contributed by atoms with van der Waals surface area (Å²) in [6.45, 7) is 5.35. The summed E-state index contributed by atoms with van der Waals surface area (Å²) >= 11 is 11.9. The predicted octanol–water partition coefficient (Wildman–Crippen LogP) is 6.77. The van der Waals surface area contributed by atoms with E-state index in [4.69, 9.17) is 23.2 Å². The smallest absolute Gasteiger partial charge is 0.262 e. The lowest BCUT2D eigenvalue weighted by atomic mass is 10.1. The summed E-state index contributed by atoms with van der Waals surface area (Å²) in [5.41, 5.74) is 3.29. The van der Waals surface area contributed by atoms with Crippen LogP contribution in [0.25, 0.3) is 0 Å². The van der Waals surface area contributed by atoms with Gasteiger partial charge in [0.05, 0.1) is 21.2 Å². The quantitative estimate of drug-likeness (QED) is 0.201. The molecule has 0 aliphatic carbocycles. The molecule has 0 aromatic heterocycles. The van der Waals surface area contributed by atoms with Gasteiger partial charge in [-0.05, 0) is 98.1 Å². The first kappa shape index (κ1) is 29.4. The Balaban J connectivity index is 1.51. The number of anilines is 3. The van der Waals surface area contributed by atoms with E-state index in [2.05, 4.69) is 14.8 Å². The van der Waals surface area contributed by atoms with Gasteiger partial charge in [-0.1, -0.05) is 41.4 Å². The van der Waals surface area contributed by atoms with E-state index >= 15 is 0 Å². The first-order valence-corrected chi connectivity index (χ1v) is 15.6. The molecule has 208 valence electrons. The molecule has 1 amide bonds. The van der Waals surface area contributed by atoms with Gasteiger partial charge < -0.3 is 5.32 Å². The number of sulfonamides is 2. The summed E-state index contributed by atoms with van der Waals surface area (Å²) in [5.74, 6) is -0.564. The Bertz CT molecular complexity index is 1810. The summed E-state index contributed by atoms with van der Waals surface area (Å²) < 4.78 is 56.9. The van der Waals surface area contributed by atoms with E-state index in [0.29, 0.717) is 16.9 Å². The van der Waals surface area contributed by atoms with Gasteiger partial charge in [-0.3, -0.25) is 14.2 Å². The highest BCUT2D eigenvalue weighted by Gasteiger charge is 2.21. The molecule has 8 nitrogen and oxygen atoms in total. The Morgan fingerprint density at radius 1 is 0.675 bits per heavy atom. The highest BCUT2D eigenvalue weighted by molar-refractivity contribution is 7.93. The van der Waals surface area contributed by atoms with Crippen molar-refractivity contribution in [3.63, 3.8) is 0 Å². The zero-order valence-electron chi connectivity index (χ0n) is 21.6. The molecule has 0 saturated heterocycles. The van der Waals surface area contributed by atoms with Crippen LogP contribution in [-0.2, 0) is 20.0 Å². The fourth-order valence-corrected chi connectivity index (χ4v) is 6.80. The molecule has 0 heterocycles. The Labute approximate surface area is 243 Å². The number of benzene rings is 4. The van der Waals surface area contributed by atoms with Crippen molar-refractivity contribution >= 4 is 66.2 Å². The number of carbonyl (C=O) groups is 1. The van der Waals surface area contributed by atoms with Crippen molar-refractivity contribution < 1.29 is 21.6 Å². The number of carbonyl (C=O) groups excluding carboxylic acids is 1. The van der Waals surface area contributed by atoms with E-state index in [-0.39, 0.29) is 31.1 Å². The summed E-state index contributed by atoms with van der Waals surface area (Å²) in [4.78, 5) is 12.9. The molecule has 0 saturated carbocycles. The van der Waals surface area contributed by atoms with Crippen LogP contribution in [0.1, 0.15) is 27.0 Å². The van der Waals surface area contributed by atoms with Crippen LogP contribution in [0.5, 0.6) is 0 Å². The molecule has 0 fully saturated rings. The maximum Gasteiger partial charge on any atom is 0.262 e. The van der Waals surface area contributed by atoms with Gasteiger partial charge in [0.15, 0.2) is 0 Å². The SMILES string of the molecule is Cc1ccc(C(=O)Nc2ccc(S(=O)(=O)Nc3cc(Cl)cc(Cl)c3)cc2)cc1S(=O)(=O)Nc1cccc(C)c1C. The monoisotopic (exact) mass is 617 g/mol. The second-order valence-electron chi connectivity index (χ2n) is 9.08. The zero-order chi connectivity index (χ0) is 29.2. The Morgan fingerprint density at radius 2 is 1.32 bits per heavy atom. The van der Waals surface area contributed by atoms with Crippen molar-refractivity contribution in [1.82, 2.24) is 0 Å². The molecular weight excluding hydrogens is 593 g/mol. The molecule has 4 rings (SSSR count). The van der Waals surface area contributed by atoms with Crippen LogP contribution in [0.3, 0.4) is 0 Å². The molecule has 3 N–H and O–H groups in total. The van der Waals surface area contributed by atoms with Crippen LogP contribution in [0.4, 0.5) is 17.1 Å². The minimum absolute atomic E-state index is 0.0327. The van der Waals surface area contributed by atoms with E-state index in [0.717, 1.165) is 11.1 Å². The van der Waals surface area contributed by atoms with Crippen LogP contribution in [0, 0.1) is 20.8 Å². The summed E-state index contributed by atoms with van der Waals surface area (Å²) in [7, 11) is -7.94.